The van der Waals surface area contributed by atoms with Crippen LogP contribution in [0.5, 0.6) is 0 Å². The van der Waals surface area contributed by atoms with Crippen molar-refractivity contribution in [1.82, 2.24) is 10.2 Å². The number of hydrogen-bond acceptors (Lipinski definition) is 3. The lowest BCUT2D eigenvalue weighted by molar-refractivity contribution is -0.122. The Morgan fingerprint density at radius 1 is 1.29 bits per heavy atom. The van der Waals surface area contributed by atoms with E-state index in [2.05, 4.69) is 24.3 Å². The molecule has 0 atom stereocenters. The zero-order valence-electron chi connectivity index (χ0n) is 11.2. The zero-order valence-corrected chi connectivity index (χ0v) is 11.2. The fourth-order valence-electron chi connectivity index (χ4n) is 2.58. The van der Waals surface area contributed by atoms with Crippen molar-refractivity contribution in [1.29, 1.82) is 0 Å². The first-order valence-electron chi connectivity index (χ1n) is 6.66. The average Bonchev–Trinajstić information content (AvgIpc) is 2.34. The third-order valence-electron chi connectivity index (χ3n) is 3.91. The van der Waals surface area contributed by atoms with E-state index in [1.54, 1.807) is 0 Å². The van der Waals surface area contributed by atoms with Crippen molar-refractivity contribution in [3.63, 3.8) is 0 Å². The van der Waals surface area contributed by atoms with Crippen LogP contribution in [0.3, 0.4) is 0 Å². The van der Waals surface area contributed by atoms with Gasteiger partial charge in [0.25, 0.3) is 0 Å². The summed E-state index contributed by atoms with van der Waals surface area (Å²) in [5, 5.41) is 11.7. The first-order valence-corrected chi connectivity index (χ1v) is 6.66. The Balaban J connectivity index is 2.41. The number of aliphatic hydroxyl groups excluding tert-OH is 1. The Kier molecular flexibility index (Phi) is 5.92. The predicted molar refractivity (Wildman–Crippen MR) is 68.8 cm³/mol. The Morgan fingerprint density at radius 2 is 1.94 bits per heavy atom. The summed E-state index contributed by atoms with van der Waals surface area (Å²) < 4.78 is 0. The monoisotopic (exact) mass is 242 g/mol. The van der Waals surface area contributed by atoms with Crippen LogP contribution in [0.2, 0.25) is 0 Å². The summed E-state index contributed by atoms with van der Waals surface area (Å²) in [6.45, 7) is 0.830. The molecule has 0 heterocycles. The average molecular weight is 242 g/mol. The molecule has 0 bridgehead atoms. The van der Waals surface area contributed by atoms with Gasteiger partial charge in [-0.15, -0.1) is 0 Å². The van der Waals surface area contributed by atoms with Gasteiger partial charge in [-0.1, -0.05) is 19.3 Å². The van der Waals surface area contributed by atoms with E-state index in [0.29, 0.717) is 12.8 Å². The summed E-state index contributed by atoms with van der Waals surface area (Å²) in [4.78, 5) is 13.8. The van der Waals surface area contributed by atoms with Crippen molar-refractivity contribution >= 4 is 5.91 Å². The van der Waals surface area contributed by atoms with Crippen molar-refractivity contribution < 1.29 is 9.90 Å². The van der Waals surface area contributed by atoms with Crippen LogP contribution in [0.25, 0.3) is 0 Å². The van der Waals surface area contributed by atoms with Gasteiger partial charge in [-0.2, -0.15) is 0 Å². The van der Waals surface area contributed by atoms with Gasteiger partial charge in [0.15, 0.2) is 0 Å². The Bertz CT molecular complexity index is 236. The molecule has 4 heteroatoms. The van der Waals surface area contributed by atoms with Crippen molar-refractivity contribution in [2.24, 2.45) is 0 Å². The van der Waals surface area contributed by atoms with E-state index < -0.39 is 0 Å². The lowest BCUT2D eigenvalue weighted by Crippen LogP contribution is -2.53. The summed E-state index contributed by atoms with van der Waals surface area (Å²) in [5.74, 6) is 0.0610. The molecular weight excluding hydrogens is 216 g/mol. The van der Waals surface area contributed by atoms with Gasteiger partial charge in [-0.3, -0.25) is 4.79 Å². The summed E-state index contributed by atoms with van der Waals surface area (Å²) in [6, 6.07) is 0. The molecule has 1 saturated carbocycles. The molecule has 0 spiro atoms. The molecule has 0 aromatic heterocycles. The van der Waals surface area contributed by atoms with Crippen LogP contribution in [0, 0.1) is 0 Å². The van der Waals surface area contributed by atoms with E-state index in [9.17, 15) is 4.79 Å². The van der Waals surface area contributed by atoms with E-state index in [1.165, 1.54) is 32.1 Å². The van der Waals surface area contributed by atoms with Crippen LogP contribution in [0.4, 0.5) is 0 Å². The second-order valence-corrected chi connectivity index (χ2v) is 5.28. The number of nitrogens with one attached hydrogen (secondary N) is 1. The maximum absolute atomic E-state index is 11.6. The molecule has 0 aromatic carbocycles. The molecule has 0 unspecified atom stereocenters. The Hall–Kier alpha value is -0.610. The van der Waals surface area contributed by atoms with Crippen LogP contribution in [-0.2, 0) is 4.79 Å². The third-order valence-corrected chi connectivity index (χ3v) is 3.91. The topological polar surface area (TPSA) is 52.6 Å². The van der Waals surface area contributed by atoms with Crippen LogP contribution in [0.15, 0.2) is 0 Å². The number of carbonyl (C=O) groups is 1. The van der Waals surface area contributed by atoms with E-state index in [0.717, 1.165) is 6.54 Å². The normalized spacial score (nSPS) is 19.3. The Labute approximate surface area is 104 Å². The molecular formula is C13H26N2O2. The van der Waals surface area contributed by atoms with Crippen molar-refractivity contribution in [2.75, 3.05) is 27.2 Å². The minimum Gasteiger partial charge on any atom is -0.396 e. The van der Waals surface area contributed by atoms with Crippen molar-refractivity contribution in [3.8, 4) is 0 Å². The number of amides is 1. The summed E-state index contributed by atoms with van der Waals surface area (Å²) in [6.07, 6.45) is 7.14. The Morgan fingerprint density at radius 3 is 2.47 bits per heavy atom. The summed E-state index contributed by atoms with van der Waals surface area (Å²) in [7, 11) is 4.20. The molecule has 0 aromatic rings. The highest BCUT2D eigenvalue weighted by molar-refractivity contribution is 5.75. The maximum Gasteiger partial charge on any atom is 0.220 e. The van der Waals surface area contributed by atoms with Crippen LogP contribution in [0.1, 0.15) is 44.9 Å². The number of likely N-dealkylation sites (N-methyl/N-ethyl adjacent to an activating group) is 1. The first kappa shape index (κ1) is 14.5. The van der Waals surface area contributed by atoms with Gasteiger partial charge in [-0.25, -0.2) is 0 Å². The smallest absolute Gasteiger partial charge is 0.220 e. The molecule has 1 aliphatic carbocycles. The van der Waals surface area contributed by atoms with Crippen LogP contribution >= 0.6 is 0 Å². The molecule has 4 nitrogen and oxygen atoms in total. The van der Waals surface area contributed by atoms with Gasteiger partial charge in [0.05, 0.1) is 0 Å². The van der Waals surface area contributed by atoms with Gasteiger partial charge in [0, 0.05) is 25.1 Å². The predicted octanol–water partition coefficient (Wildman–Crippen LogP) is 1.14. The zero-order chi connectivity index (χ0) is 12.7. The second-order valence-electron chi connectivity index (χ2n) is 5.28. The largest absolute Gasteiger partial charge is 0.396 e. The highest BCUT2D eigenvalue weighted by atomic mass is 16.3. The van der Waals surface area contributed by atoms with Gasteiger partial charge in [-0.05, 0) is 33.4 Å². The molecule has 1 amide bonds. The van der Waals surface area contributed by atoms with Gasteiger partial charge in [0.1, 0.15) is 0 Å². The minimum atomic E-state index is 0.0610. The van der Waals surface area contributed by atoms with Crippen LogP contribution in [-0.4, -0.2) is 48.7 Å². The van der Waals surface area contributed by atoms with Gasteiger partial charge >= 0.3 is 0 Å². The molecule has 0 radical (unpaired) electrons. The maximum atomic E-state index is 11.6. The van der Waals surface area contributed by atoms with Crippen molar-refractivity contribution in [3.05, 3.63) is 0 Å². The standard InChI is InChI=1S/C13H26N2O2/c1-15(2)13(8-4-3-5-9-13)11-14-12(17)7-6-10-16/h16H,3-11H2,1-2H3,(H,14,17). The molecule has 1 rings (SSSR count). The molecule has 2 N–H and O–H groups in total. The molecule has 1 fully saturated rings. The minimum absolute atomic E-state index is 0.0610. The lowest BCUT2D eigenvalue weighted by Gasteiger charge is -2.43. The molecule has 17 heavy (non-hydrogen) atoms. The number of aliphatic hydroxyl groups is 1. The quantitative estimate of drug-likeness (QED) is 0.734. The molecule has 1 aliphatic rings. The first-order chi connectivity index (χ1) is 8.10. The highest BCUT2D eigenvalue weighted by Crippen LogP contribution is 2.31. The fraction of sp³-hybridized carbons (Fsp3) is 0.923. The van der Waals surface area contributed by atoms with Crippen LogP contribution < -0.4 is 5.32 Å². The summed E-state index contributed by atoms with van der Waals surface area (Å²) >= 11 is 0. The summed E-state index contributed by atoms with van der Waals surface area (Å²) in [5.41, 5.74) is 0.146. The highest BCUT2D eigenvalue weighted by Gasteiger charge is 2.34. The SMILES string of the molecule is CN(C)C1(CNC(=O)CCCO)CCCCC1. The van der Waals surface area contributed by atoms with E-state index >= 15 is 0 Å². The molecule has 100 valence electrons. The molecule has 0 saturated heterocycles. The van der Waals surface area contributed by atoms with E-state index in [1.807, 2.05) is 0 Å². The second kappa shape index (κ2) is 6.97. The molecule has 0 aliphatic heterocycles. The van der Waals surface area contributed by atoms with Gasteiger partial charge < -0.3 is 15.3 Å². The number of nitrogens with zero attached hydrogens (tertiary/aromatic N) is 1. The lowest BCUT2D eigenvalue weighted by atomic mass is 9.80. The fourth-order valence-corrected chi connectivity index (χ4v) is 2.58. The third kappa shape index (κ3) is 4.28. The van der Waals surface area contributed by atoms with Crippen molar-refractivity contribution in [2.45, 2.75) is 50.5 Å². The number of carbonyl (C=O) groups excluding carboxylic acids is 1. The van der Waals surface area contributed by atoms with Gasteiger partial charge in [0.2, 0.25) is 5.91 Å². The number of rotatable bonds is 6. The van der Waals surface area contributed by atoms with E-state index in [-0.39, 0.29) is 18.1 Å². The van der Waals surface area contributed by atoms with E-state index in [4.69, 9.17) is 5.11 Å². The number of hydrogen-bond donors (Lipinski definition) is 2.